The molecule has 0 saturated carbocycles. The fourth-order valence-corrected chi connectivity index (χ4v) is 2.85. The van der Waals surface area contributed by atoms with Crippen LogP contribution in [0.4, 0.5) is 11.4 Å². The maximum absolute atomic E-state index is 12.2. The number of carbonyl (C=O) groups excluding carboxylic acids is 2. The second-order valence-corrected chi connectivity index (χ2v) is 6.75. The first-order chi connectivity index (χ1) is 13.9. The summed E-state index contributed by atoms with van der Waals surface area (Å²) in [6.45, 7) is 4.03. The summed E-state index contributed by atoms with van der Waals surface area (Å²) in [4.78, 5) is 32.6. The lowest BCUT2D eigenvalue weighted by Crippen LogP contribution is -2.32. The minimum Gasteiger partial charge on any atom is -0.369 e. The first-order valence-corrected chi connectivity index (χ1v) is 9.38. The van der Waals surface area contributed by atoms with Crippen molar-refractivity contribution in [2.24, 2.45) is 15.7 Å². The van der Waals surface area contributed by atoms with Crippen molar-refractivity contribution >= 4 is 35.1 Å². The van der Waals surface area contributed by atoms with E-state index in [2.05, 4.69) is 32.9 Å². The Morgan fingerprint density at radius 2 is 1.93 bits per heavy atom. The van der Waals surface area contributed by atoms with Crippen LogP contribution in [0.5, 0.6) is 0 Å². The van der Waals surface area contributed by atoms with Gasteiger partial charge in [-0.1, -0.05) is 31.2 Å². The number of aryl methyl sites for hydroxylation is 2. The van der Waals surface area contributed by atoms with Crippen LogP contribution in [0.1, 0.15) is 24.5 Å². The minimum atomic E-state index is -0.838. The van der Waals surface area contributed by atoms with Crippen LogP contribution in [0.3, 0.4) is 0 Å². The molecule has 1 unspecified atom stereocenters. The number of hydrogen-bond donors (Lipinski definition) is 4. The van der Waals surface area contributed by atoms with Crippen LogP contribution in [0.15, 0.2) is 58.5 Å². The van der Waals surface area contributed by atoms with Gasteiger partial charge in [-0.15, -0.1) is 0 Å². The second kappa shape index (κ2) is 9.01. The molecule has 1 aliphatic rings. The first-order valence-electron chi connectivity index (χ1n) is 9.38. The van der Waals surface area contributed by atoms with Gasteiger partial charge in [0.25, 0.3) is 5.91 Å². The van der Waals surface area contributed by atoms with Crippen molar-refractivity contribution in [2.45, 2.75) is 32.7 Å². The van der Waals surface area contributed by atoms with Gasteiger partial charge in [-0.05, 0) is 48.7 Å². The van der Waals surface area contributed by atoms with Gasteiger partial charge in [0.15, 0.2) is 0 Å². The van der Waals surface area contributed by atoms with Crippen LogP contribution >= 0.6 is 0 Å². The Kier molecular flexibility index (Phi) is 6.23. The largest absolute Gasteiger partial charge is 0.369 e. The van der Waals surface area contributed by atoms with Crippen LogP contribution in [0.2, 0.25) is 0 Å². The third kappa shape index (κ3) is 5.65. The van der Waals surface area contributed by atoms with Gasteiger partial charge in [0.2, 0.25) is 17.8 Å². The Labute approximate surface area is 169 Å². The van der Waals surface area contributed by atoms with Crippen molar-refractivity contribution in [3.63, 3.8) is 0 Å². The highest BCUT2D eigenvalue weighted by molar-refractivity contribution is 6.11. The zero-order valence-electron chi connectivity index (χ0n) is 16.4. The van der Waals surface area contributed by atoms with Gasteiger partial charge in [-0.3, -0.25) is 14.9 Å². The van der Waals surface area contributed by atoms with Crippen molar-refractivity contribution in [3.8, 4) is 0 Å². The molecule has 0 saturated heterocycles. The normalized spacial score (nSPS) is 16.2. The molecule has 2 aromatic carbocycles. The van der Waals surface area contributed by atoms with Crippen LogP contribution in [0.25, 0.3) is 0 Å². The molecular formula is C21H24N6O2. The summed E-state index contributed by atoms with van der Waals surface area (Å²) in [5, 5.41) is 8.25. The van der Waals surface area contributed by atoms with E-state index in [4.69, 9.17) is 5.73 Å². The van der Waals surface area contributed by atoms with E-state index >= 15 is 0 Å². The number of hydrogen-bond acceptors (Lipinski definition) is 4. The van der Waals surface area contributed by atoms with Gasteiger partial charge in [0.05, 0.1) is 6.42 Å². The Balaban J connectivity index is 1.59. The molecular weight excluding hydrogens is 368 g/mol. The molecule has 5 N–H and O–H groups in total. The summed E-state index contributed by atoms with van der Waals surface area (Å²) in [5.41, 5.74) is 9.60. The number of nitrogens with two attached hydrogens (primary N) is 1. The molecule has 2 aromatic rings. The van der Waals surface area contributed by atoms with Crippen LogP contribution in [-0.2, 0) is 16.0 Å². The molecule has 0 aromatic heterocycles. The van der Waals surface area contributed by atoms with E-state index in [1.807, 2.05) is 55.5 Å². The molecule has 8 heteroatoms. The standard InChI is InChI=1S/C21H24N6O2/c1-3-14-7-9-15(10-8-14)23-18(28)12-17-19(29)26-21(25-17)27-20(22)24-16-6-4-5-13(2)11-16/h4-11,17H,3,12H2,1-2H3,(H,23,28)(H4,22,24,25,26,27,29). The van der Waals surface area contributed by atoms with E-state index < -0.39 is 6.04 Å². The van der Waals surface area contributed by atoms with Gasteiger partial charge in [-0.2, -0.15) is 4.99 Å². The Bertz CT molecular complexity index is 965. The number of guanidine groups is 2. The number of anilines is 2. The minimum absolute atomic E-state index is 0.0778. The van der Waals surface area contributed by atoms with Crippen molar-refractivity contribution in [1.29, 1.82) is 0 Å². The van der Waals surface area contributed by atoms with E-state index in [-0.39, 0.29) is 30.2 Å². The quantitative estimate of drug-likeness (QED) is 0.460. The van der Waals surface area contributed by atoms with Crippen molar-refractivity contribution in [3.05, 3.63) is 59.7 Å². The van der Waals surface area contributed by atoms with Gasteiger partial charge in [0, 0.05) is 11.4 Å². The van der Waals surface area contributed by atoms with Crippen molar-refractivity contribution in [2.75, 3.05) is 10.6 Å². The Hall–Kier alpha value is -3.68. The van der Waals surface area contributed by atoms with Gasteiger partial charge in [-0.25, -0.2) is 4.99 Å². The predicted molar refractivity (Wildman–Crippen MR) is 115 cm³/mol. The molecule has 2 amide bonds. The van der Waals surface area contributed by atoms with Gasteiger partial charge >= 0.3 is 0 Å². The summed E-state index contributed by atoms with van der Waals surface area (Å²) in [6, 6.07) is 14.4. The maximum Gasteiger partial charge on any atom is 0.252 e. The summed E-state index contributed by atoms with van der Waals surface area (Å²) in [7, 11) is 0. The molecule has 0 radical (unpaired) electrons. The van der Waals surface area contributed by atoms with E-state index in [0.717, 1.165) is 17.7 Å². The van der Waals surface area contributed by atoms with E-state index in [0.29, 0.717) is 5.69 Å². The lowest BCUT2D eigenvalue weighted by molar-refractivity contribution is -0.123. The summed E-state index contributed by atoms with van der Waals surface area (Å²) >= 11 is 0. The average Bonchev–Trinajstić information content (AvgIpc) is 3.00. The maximum atomic E-state index is 12.2. The highest BCUT2D eigenvalue weighted by Crippen LogP contribution is 2.13. The molecule has 29 heavy (non-hydrogen) atoms. The number of amides is 2. The highest BCUT2D eigenvalue weighted by Gasteiger charge is 2.28. The van der Waals surface area contributed by atoms with Gasteiger partial charge < -0.3 is 16.4 Å². The average molecular weight is 392 g/mol. The highest BCUT2D eigenvalue weighted by atomic mass is 16.2. The molecule has 3 rings (SSSR count). The van der Waals surface area contributed by atoms with Crippen molar-refractivity contribution < 1.29 is 9.59 Å². The third-order valence-electron chi connectivity index (χ3n) is 4.36. The third-order valence-corrected chi connectivity index (χ3v) is 4.36. The Morgan fingerprint density at radius 1 is 1.17 bits per heavy atom. The molecule has 1 atom stereocenters. The zero-order valence-corrected chi connectivity index (χ0v) is 16.4. The summed E-state index contributed by atoms with van der Waals surface area (Å²) in [5.74, 6) is -0.508. The second-order valence-electron chi connectivity index (χ2n) is 6.75. The van der Waals surface area contributed by atoms with Crippen LogP contribution in [-0.4, -0.2) is 29.8 Å². The monoisotopic (exact) mass is 392 g/mol. The summed E-state index contributed by atoms with van der Waals surface area (Å²) in [6.07, 6.45) is 0.849. The van der Waals surface area contributed by atoms with Crippen molar-refractivity contribution in [1.82, 2.24) is 5.32 Å². The number of nitrogens with zero attached hydrogens (tertiary/aromatic N) is 2. The van der Waals surface area contributed by atoms with E-state index in [9.17, 15) is 9.59 Å². The molecule has 150 valence electrons. The van der Waals surface area contributed by atoms with Crippen LogP contribution in [0, 0.1) is 6.92 Å². The van der Waals surface area contributed by atoms with E-state index in [1.165, 1.54) is 5.56 Å². The number of carbonyl (C=O) groups is 2. The lowest BCUT2D eigenvalue weighted by Gasteiger charge is -2.07. The lowest BCUT2D eigenvalue weighted by atomic mass is 10.1. The molecule has 1 heterocycles. The molecule has 1 aliphatic heterocycles. The van der Waals surface area contributed by atoms with E-state index in [1.54, 1.807) is 0 Å². The predicted octanol–water partition coefficient (Wildman–Crippen LogP) is 2.17. The van der Waals surface area contributed by atoms with Gasteiger partial charge in [0.1, 0.15) is 6.04 Å². The molecule has 0 fully saturated rings. The molecule has 0 aliphatic carbocycles. The number of nitrogens with one attached hydrogen (secondary N) is 3. The topological polar surface area (TPSA) is 121 Å². The number of rotatable bonds is 5. The molecule has 0 spiro atoms. The Morgan fingerprint density at radius 3 is 2.62 bits per heavy atom. The SMILES string of the molecule is CCc1ccc(NC(=O)CC2N=C(/N=C(\N)Nc3cccc(C)c3)NC2=O)cc1. The smallest absolute Gasteiger partial charge is 0.252 e. The number of aliphatic imine (C=N–C) groups is 2. The first kappa shape index (κ1) is 20.1. The number of benzene rings is 2. The zero-order chi connectivity index (χ0) is 20.8. The van der Waals surface area contributed by atoms with Crippen LogP contribution < -0.4 is 21.7 Å². The summed E-state index contributed by atoms with van der Waals surface area (Å²) < 4.78 is 0. The fourth-order valence-electron chi connectivity index (χ4n) is 2.85. The fraction of sp³-hybridized carbons (Fsp3) is 0.238. The molecule has 8 nitrogen and oxygen atoms in total. The molecule has 0 bridgehead atoms.